The Morgan fingerprint density at radius 2 is 2.00 bits per heavy atom. The predicted octanol–water partition coefficient (Wildman–Crippen LogP) is 3.09. The molecule has 0 spiro atoms. The summed E-state index contributed by atoms with van der Waals surface area (Å²) in [5.41, 5.74) is 1.96. The molecular formula is C16H27N3O. The van der Waals surface area contributed by atoms with E-state index in [0.29, 0.717) is 18.5 Å². The van der Waals surface area contributed by atoms with E-state index in [1.165, 1.54) is 0 Å². The third kappa shape index (κ3) is 6.06. The van der Waals surface area contributed by atoms with Crippen LogP contribution in [0.3, 0.4) is 0 Å². The van der Waals surface area contributed by atoms with Gasteiger partial charge >= 0.3 is 6.03 Å². The van der Waals surface area contributed by atoms with Crippen LogP contribution in [0.2, 0.25) is 0 Å². The molecule has 4 nitrogen and oxygen atoms in total. The number of aryl methyl sites for hydroxylation is 1. The van der Waals surface area contributed by atoms with Crippen molar-refractivity contribution in [3.05, 3.63) is 29.8 Å². The second-order valence-corrected chi connectivity index (χ2v) is 5.95. The van der Waals surface area contributed by atoms with Crippen LogP contribution < -0.4 is 10.6 Å². The average molecular weight is 277 g/mol. The highest BCUT2D eigenvalue weighted by Crippen LogP contribution is 2.10. The van der Waals surface area contributed by atoms with Gasteiger partial charge in [-0.25, -0.2) is 4.79 Å². The number of likely N-dealkylation sites (N-methyl/N-ethyl adjacent to an activating group) is 1. The Bertz CT molecular complexity index is 429. The molecule has 0 bridgehead atoms. The lowest BCUT2D eigenvalue weighted by atomic mass is 10.0. The van der Waals surface area contributed by atoms with Crippen LogP contribution >= 0.6 is 0 Å². The zero-order valence-corrected chi connectivity index (χ0v) is 13.2. The number of carbonyl (C=O) groups is 1. The van der Waals surface area contributed by atoms with Crippen LogP contribution in [0.15, 0.2) is 24.3 Å². The van der Waals surface area contributed by atoms with Crippen LogP contribution in [-0.4, -0.2) is 37.6 Å². The van der Waals surface area contributed by atoms with Crippen molar-refractivity contribution in [2.75, 3.05) is 26.0 Å². The first kappa shape index (κ1) is 16.5. The molecule has 0 saturated carbocycles. The number of benzene rings is 1. The summed E-state index contributed by atoms with van der Waals surface area (Å²) >= 11 is 0. The second-order valence-electron chi connectivity index (χ2n) is 5.95. The van der Waals surface area contributed by atoms with E-state index in [9.17, 15) is 4.79 Å². The predicted molar refractivity (Wildman–Crippen MR) is 85.1 cm³/mol. The van der Waals surface area contributed by atoms with E-state index in [4.69, 9.17) is 0 Å². The number of hydrogen-bond acceptors (Lipinski definition) is 2. The minimum atomic E-state index is -0.147. The monoisotopic (exact) mass is 277 g/mol. The molecule has 0 aromatic heterocycles. The summed E-state index contributed by atoms with van der Waals surface area (Å²) in [6.45, 7) is 7.06. The lowest BCUT2D eigenvalue weighted by Crippen LogP contribution is -2.42. The Kier molecular flexibility index (Phi) is 6.52. The fourth-order valence-electron chi connectivity index (χ4n) is 2.13. The van der Waals surface area contributed by atoms with Gasteiger partial charge in [0.2, 0.25) is 0 Å². The van der Waals surface area contributed by atoms with Crippen molar-refractivity contribution in [3.8, 4) is 0 Å². The largest absolute Gasteiger partial charge is 0.336 e. The van der Waals surface area contributed by atoms with Gasteiger partial charge in [-0.2, -0.15) is 0 Å². The van der Waals surface area contributed by atoms with E-state index >= 15 is 0 Å². The number of anilines is 1. The first-order valence-corrected chi connectivity index (χ1v) is 7.16. The van der Waals surface area contributed by atoms with E-state index in [1.807, 2.05) is 45.3 Å². The Balaban J connectivity index is 2.45. The van der Waals surface area contributed by atoms with Crippen LogP contribution in [0.5, 0.6) is 0 Å². The molecule has 2 amide bonds. The van der Waals surface area contributed by atoms with Gasteiger partial charge in [-0.1, -0.05) is 26.0 Å². The maximum absolute atomic E-state index is 11.9. The summed E-state index contributed by atoms with van der Waals surface area (Å²) in [7, 11) is 4.10. The minimum absolute atomic E-state index is 0.147. The standard InChI is InChI=1S/C16H27N3O/c1-12(2)9-15(19(4)5)11-17-16(20)18-14-8-6-7-13(3)10-14/h6-8,10,12,15H,9,11H2,1-5H3,(H2,17,18,20)/t15-/m0/s1. The van der Waals surface area contributed by atoms with Crippen molar-refractivity contribution in [1.82, 2.24) is 10.2 Å². The number of amides is 2. The topological polar surface area (TPSA) is 44.4 Å². The van der Waals surface area contributed by atoms with Crippen molar-refractivity contribution in [2.24, 2.45) is 5.92 Å². The molecule has 112 valence electrons. The molecule has 0 aliphatic heterocycles. The smallest absolute Gasteiger partial charge is 0.319 e. The van der Waals surface area contributed by atoms with Crippen LogP contribution in [0.1, 0.15) is 25.8 Å². The summed E-state index contributed by atoms with van der Waals surface area (Å²) in [5.74, 6) is 0.615. The summed E-state index contributed by atoms with van der Waals surface area (Å²) in [6.07, 6.45) is 1.07. The fraction of sp³-hybridized carbons (Fsp3) is 0.562. The van der Waals surface area contributed by atoms with Crippen LogP contribution in [0.25, 0.3) is 0 Å². The molecule has 2 N–H and O–H groups in total. The highest BCUT2D eigenvalue weighted by molar-refractivity contribution is 5.89. The zero-order chi connectivity index (χ0) is 15.1. The molecule has 0 radical (unpaired) electrons. The highest BCUT2D eigenvalue weighted by Gasteiger charge is 2.14. The number of hydrogen-bond donors (Lipinski definition) is 2. The summed E-state index contributed by atoms with van der Waals surface area (Å²) in [6, 6.07) is 8.01. The Morgan fingerprint density at radius 3 is 2.55 bits per heavy atom. The summed E-state index contributed by atoms with van der Waals surface area (Å²) in [4.78, 5) is 14.1. The lowest BCUT2D eigenvalue weighted by Gasteiger charge is -2.26. The summed E-state index contributed by atoms with van der Waals surface area (Å²) in [5, 5.41) is 5.81. The maximum atomic E-state index is 11.9. The molecule has 0 saturated heterocycles. The molecular weight excluding hydrogens is 250 g/mol. The van der Waals surface area contributed by atoms with Crippen molar-refractivity contribution >= 4 is 11.7 Å². The number of nitrogens with zero attached hydrogens (tertiary/aromatic N) is 1. The van der Waals surface area contributed by atoms with E-state index in [-0.39, 0.29) is 6.03 Å². The van der Waals surface area contributed by atoms with Gasteiger partial charge in [-0.05, 0) is 51.1 Å². The molecule has 1 atom stereocenters. The van der Waals surface area contributed by atoms with Gasteiger partial charge in [0.1, 0.15) is 0 Å². The van der Waals surface area contributed by atoms with Gasteiger partial charge < -0.3 is 15.5 Å². The van der Waals surface area contributed by atoms with E-state index in [1.54, 1.807) is 0 Å². The van der Waals surface area contributed by atoms with Crippen molar-refractivity contribution < 1.29 is 4.79 Å². The first-order valence-electron chi connectivity index (χ1n) is 7.16. The Morgan fingerprint density at radius 1 is 1.30 bits per heavy atom. The van der Waals surface area contributed by atoms with Gasteiger partial charge in [0.05, 0.1) is 0 Å². The van der Waals surface area contributed by atoms with Crippen molar-refractivity contribution in [3.63, 3.8) is 0 Å². The number of carbonyl (C=O) groups excluding carboxylic acids is 1. The molecule has 4 heteroatoms. The van der Waals surface area contributed by atoms with E-state index in [0.717, 1.165) is 17.7 Å². The lowest BCUT2D eigenvalue weighted by molar-refractivity contribution is 0.231. The highest BCUT2D eigenvalue weighted by atomic mass is 16.2. The fourth-order valence-corrected chi connectivity index (χ4v) is 2.13. The quantitative estimate of drug-likeness (QED) is 0.839. The molecule has 1 aromatic rings. The van der Waals surface area contributed by atoms with Gasteiger partial charge in [0.15, 0.2) is 0 Å². The van der Waals surface area contributed by atoms with Crippen molar-refractivity contribution in [1.29, 1.82) is 0 Å². The molecule has 1 aromatic carbocycles. The van der Waals surface area contributed by atoms with E-state index < -0.39 is 0 Å². The van der Waals surface area contributed by atoms with E-state index in [2.05, 4.69) is 29.4 Å². The van der Waals surface area contributed by atoms with Crippen LogP contribution in [0, 0.1) is 12.8 Å². The molecule has 0 aliphatic rings. The SMILES string of the molecule is Cc1cccc(NC(=O)NC[C@H](CC(C)C)N(C)C)c1. The Hall–Kier alpha value is -1.55. The number of urea groups is 1. The zero-order valence-electron chi connectivity index (χ0n) is 13.2. The van der Waals surface area contributed by atoms with Crippen molar-refractivity contribution in [2.45, 2.75) is 33.2 Å². The molecule has 1 rings (SSSR count). The summed E-state index contributed by atoms with van der Waals surface area (Å²) < 4.78 is 0. The third-order valence-corrected chi connectivity index (χ3v) is 3.25. The average Bonchev–Trinajstić information content (AvgIpc) is 2.33. The van der Waals surface area contributed by atoms with Gasteiger partial charge in [0.25, 0.3) is 0 Å². The van der Waals surface area contributed by atoms with Gasteiger partial charge in [-0.15, -0.1) is 0 Å². The molecule has 0 heterocycles. The molecule has 0 unspecified atom stereocenters. The number of rotatable bonds is 6. The van der Waals surface area contributed by atoms with Gasteiger partial charge in [0, 0.05) is 18.3 Å². The first-order chi connectivity index (χ1) is 9.38. The number of nitrogens with one attached hydrogen (secondary N) is 2. The maximum Gasteiger partial charge on any atom is 0.319 e. The molecule has 20 heavy (non-hydrogen) atoms. The normalized spacial score (nSPS) is 12.6. The molecule has 0 fully saturated rings. The minimum Gasteiger partial charge on any atom is -0.336 e. The second kappa shape index (κ2) is 7.90. The van der Waals surface area contributed by atoms with Crippen LogP contribution in [0.4, 0.5) is 10.5 Å². The molecule has 0 aliphatic carbocycles. The Labute approximate surface area is 122 Å². The van der Waals surface area contributed by atoms with Gasteiger partial charge in [-0.3, -0.25) is 0 Å². The van der Waals surface area contributed by atoms with Crippen LogP contribution in [-0.2, 0) is 0 Å². The third-order valence-electron chi connectivity index (χ3n) is 3.25.